The van der Waals surface area contributed by atoms with Gasteiger partial charge in [-0.05, 0) is 0 Å². The van der Waals surface area contributed by atoms with Gasteiger partial charge in [0.25, 0.3) is 0 Å². The first-order chi connectivity index (χ1) is 4.77. The molecule has 54 valence electrons. The molecule has 5 heteroatoms. The second kappa shape index (κ2) is 2.49. The molecule has 5 nitrogen and oxygen atoms in total. The molecule has 0 radical (unpaired) electrons. The first-order valence-corrected chi connectivity index (χ1v) is 2.66. The summed E-state index contributed by atoms with van der Waals surface area (Å²) in [5.41, 5.74) is 1.83. The van der Waals surface area contributed by atoms with Gasteiger partial charge < -0.3 is 4.57 Å². The quantitative estimate of drug-likeness (QED) is 0.450. The third-order valence-electron chi connectivity index (χ3n) is 1.13. The summed E-state index contributed by atoms with van der Waals surface area (Å²) in [6.07, 6.45) is 2.12. The van der Waals surface area contributed by atoms with E-state index in [9.17, 15) is 4.79 Å². The third kappa shape index (κ3) is 0.985. The highest BCUT2D eigenvalue weighted by Gasteiger charge is 2.00. The van der Waals surface area contributed by atoms with Crippen molar-refractivity contribution in [2.45, 2.75) is 0 Å². The zero-order valence-electron chi connectivity index (χ0n) is 5.40. The summed E-state index contributed by atoms with van der Waals surface area (Å²) in [7, 11) is 1.66. The molecule has 0 spiro atoms. The molecule has 2 N–H and O–H groups in total. The van der Waals surface area contributed by atoms with Crippen LogP contribution in [0.15, 0.2) is 6.20 Å². The molecule has 0 amide bonds. The van der Waals surface area contributed by atoms with E-state index >= 15 is 0 Å². The molecule has 0 saturated heterocycles. The van der Waals surface area contributed by atoms with Gasteiger partial charge in [0.1, 0.15) is 0 Å². The van der Waals surface area contributed by atoms with Crippen LogP contribution in [-0.4, -0.2) is 21.0 Å². The molecule has 1 aromatic rings. The number of nitrogens with zero attached hydrogens (tertiary/aromatic N) is 2. The third-order valence-corrected chi connectivity index (χ3v) is 1.13. The fraction of sp³-hybridized carbons (Fsp3) is 0.200. The van der Waals surface area contributed by atoms with Crippen molar-refractivity contribution in [1.29, 1.82) is 0 Å². The molecular formula is C5H7N3O2. The van der Waals surface area contributed by atoms with Gasteiger partial charge in [-0.1, -0.05) is 0 Å². The Morgan fingerprint density at radius 3 is 2.90 bits per heavy atom. The number of carbonyl (C=O) groups excluding carboxylic acids is 1. The maximum atomic E-state index is 10.2. The number of hydrogen-bond acceptors (Lipinski definition) is 4. The Morgan fingerprint density at radius 2 is 2.60 bits per heavy atom. The van der Waals surface area contributed by atoms with E-state index in [1.54, 1.807) is 7.05 Å². The van der Waals surface area contributed by atoms with Crippen LogP contribution < -0.4 is 5.48 Å². The summed E-state index contributed by atoms with van der Waals surface area (Å²) in [6.45, 7) is 0. The van der Waals surface area contributed by atoms with Crippen molar-refractivity contribution < 1.29 is 10.0 Å². The van der Waals surface area contributed by atoms with E-state index in [1.807, 2.05) is 5.48 Å². The average molecular weight is 141 g/mol. The number of hydrogen-bond donors (Lipinski definition) is 2. The van der Waals surface area contributed by atoms with Gasteiger partial charge in [0, 0.05) is 13.2 Å². The Morgan fingerprint density at radius 1 is 1.90 bits per heavy atom. The van der Waals surface area contributed by atoms with E-state index < -0.39 is 0 Å². The van der Waals surface area contributed by atoms with E-state index in [2.05, 4.69) is 4.98 Å². The first kappa shape index (κ1) is 6.76. The molecule has 0 aromatic carbocycles. The van der Waals surface area contributed by atoms with Crippen LogP contribution in [0.4, 0.5) is 5.82 Å². The average Bonchev–Trinajstić information content (AvgIpc) is 2.30. The van der Waals surface area contributed by atoms with Gasteiger partial charge in [-0.2, -0.15) is 0 Å². The normalized spacial score (nSPS) is 9.40. The van der Waals surface area contributed by atoms with E-state index in [4.69, 9.17) is 5.21 Å². The number of imidazole rings is 1. The monoisotopic (exact) mass is 141 g/mol. The number of rotatable bonds is 2. The standard InChI is InChI=1S/C5H7N3O2/c1-8-2-4(7-10)6-5(8)3-9/h2-3,7,10H,1H3. The van der Waals surface area contributed by atoms with E-state index in [1.165, 1.54) is 10.8 Å². The van der Waals surface area contributed by atoms with Crippen LogP contribution in [-0.2, 0) is 7.05 Å². The van der Waals surface area contributed by atoms with Crippen molar-refractivity contribution in [3.63, 3.8) is 0 Å². The van der Waals surface area contributed by atoms with Crippen LogP contribution in [0.25, 0.3) is 0 Å². The zero-order chi connectivity index (χ0) is 7.56. The van der Waals surface area contributed by atoms with Gasteiger partial charge in [-0.15, -0.1) is 0 Å². The van der Waals surface area contributed by atoms with E-state index in [0.717, 1.165) is 0 Å². The smallest absolute Gasteiger partial charge is 0.185 e. The van der Waals surface area contributed by atoms with E-state index in [-0.39, 0.29) is 11.6 Å². The van der Waals surface area contributed by atoms with Crippen molar-refractivity contribution in [2.75, 3.05) is 5.48 Å². The minimum atomic E-state index is 0.268. The first-order valence-electron chi connectivity index (χ1n) is 2.66. The maximum Gasteiger partial charge on any atom is 0.185 e. The molecule has 1 heterocycles. The lowest BCUT2D eigenvalue weighted by atomic mass is 10.7. The van der Waals surface area contributed by atoms with Crippen molar-refractivity contribution in [3.8, 4) is 0 Å². The Bertz CT molecular complexity index is 243. The predicted octanol–water partition coefficient (Wildman–Crippen LogP) is 0.0337. The highest BCUT2D eigenvalue weighted by atomic mass is 16.5. The highest BCUT2D eigenvalue weighted by Crippen LogP contribution is 2.02. The molecule has 0 fully saturated rings. The lowest BCUT2D eigenvalue weighted by Crippen LogP contribution is -1.93. The van der Waals surface area contributed by atoms with Gasteiger partial charge in [0.2, 0.25) is 0 Å². The summed E-state index contributed by atoms with van der Waals surface area (Å²) >= 11 is 0. The number of carbonyl (C=O) groups is 1. The van der Waals surface area contributed by atoms with Gasteiger partial charge in [-0.3, -0.25) is 15.5 Å². The highest BCUT2D eigenvalue weighted by molar-refractivity contribution is 5.70. The van der Waals surface area contributed by atoms with Gasteiger partial charge in [-0.25, -0.2) is 4.98 Å². The summed E-state index contributed by atoms with van der Waals surface area (Å²) in [5.74, 6) is 0.543. The SMILES string of the molecule is Cn1cc(NO)nc1C=O. The lowest BCUT2D eigenvalue weighted by molar-refractivity contribution is 0.111. The molecule has 10 heavy (non-hydrogen) atoms. The zero-order valence-corrected chi connectivity index (χ0v) is 5.40. The largest absolute Gasteiger partial charge is 0.330 e. The minimum Gasteiger partial charge on any atom is -0.330 e. The minimum absolute atomic E-state index is 0.268. The fourth-order valence-corrected chi connectivity index (χ4v) is 0.644. The fourth-order valence-electron chi connectivity index (χ4n) is 0.644. The van der Waals surface area contributed by atoms with Crippen molar-refractivity contribution >= 4 is 12.1 Å². The van der Waals surface area contributed by atoms with Crippen LogP contribution >= 0.6 is 0 Å². The molecule has 1 aromatic heterocycles. The summed E-state index contributed by atoms with van der Waals surface area (Å²) in [4.78, 5) is 13.8. The van der Waals surface area contributed by atoms with Crippen molar-refractivity contribution in [1.82, 2.24) is 9.55 Å². The number of anilines is 1. The van der Waals surface area contributed by atoms with Crippen LogP contribution in [0, 0.1) is 0 Å². The van der Waals surface area contributed by atoms with E-state index in [0.29, 0.717) is 6.29 Å². The second-order valence-corrected chi connectivity index (χ2v) is 1.82. The molecule has 0 aliphatic heterocycles. The number of aromatic nitrogens is 2. The van der Waals surface area contributed by atoms with Crippen LogP contribution in [0.1, 0.15) is 10.6 Å². The number of aryl methyl sites for hydroxylation is 1. The molecular weight excluding hydrogens is 134 g/mol. The molecule has 0 atom stereocenters. The predicted molar refractivity (Wildman–Crippen MR) is 34.0 cm³/mol. The topological polar surface area (TPSA) is 67.2 Å². The number of nitrogens with one attached hydrogen (secondary N) is 1. The molecule has 1 rings (SSSR count). The van der Waals surface area contributed by atoms with Gasteiger partial charge in [0.05, 0.1) is 0 Å². The van der Waals surface area contributed by atoms with Crippen LogP contribution in [0.5, 0.6) is 0 Å². The van der Waals surface area contributed by atoms with Crippen molar-refractivity contribution in [3.05, 3.63) is 12.0 Å². The maximum absolute atomic E-state index is 10.2. The van der Waals surface area contributed by atoms with Crippen molar-refractivity contribution in [2.24, 2.45) is 7.05 Å². The summed E-state index contributed by atoms with van der Waals surface area (Å²) < 4.78 is 1.51. The molecule has 0 aliphatic carbocycles. The molecule has 0 saturated carbocycles. The lowest BCUT2D eigenvalue weighted by Gasteiger charge is -1.86. The van der Waals surface area contributed by atoms with Gasteiger partial charge >= 0.3 is 0 Å². The summed E-state index contributed by atoms with van der Waals surface area (Å²) in [6, 6.07) is 0. The summed E-state index contributed by atoms with van der Waals surface area (Å²) in [5, 5.41) is 8.33. The second-order valence-electron chi connectivity index (χ2n) is 1.82. The molecule has 0 bridgehead atoms. The van der Waals surface area contributed by atoms with Crippen LogP contribution in [0.2, 0.25) is 0 Å². The van der Waals surface area contributed by atoms with Crippen LogP contribution in [0.3, 0.4) is 0 Å². The molecule has 0 aliphatic rings. The Kier molecular flexibility index (Phi) is 1.68. The van der Waals surface area contributed by atoms with Gasteiger partial charge in [0.15, 0.2) is 17.9 Å². The number of aldehydes is 1. The Hall–Kier alpha value is -1.36. The Balaban J connectivity index is 3.03. The Labute approximate surface area is 57.3 Å². The molecule has 0 unspecified atom stereocenters.